The second-order valence-electron chi connectivity index (χ2n) is 9.24. The van der Waals surface area contributed by atoms with E-state index >= 15 is 0 Å². The molecule has 0 saturated heterocycles. The minimum atomic E-state index is -0.690. The van der Waals surface area contributed by atoms with Crippen LogP contribution in [0.15, 0.2) is 88.8 Å². The number of fused-ring (bicyclic) bond motifs is 3. The number of nitrogens with zero attached hydrogens (tertiary/aromatic N) is 3. The maximum Gasteiger partial charge on any atom is 0.259 e. The van der Waals surface area contributed by atoms with Crippen molar-refractivity contribution in [1.82, 2.24) is 10.2 Å². The van der Waals surface area contributed by atoms with Gasteiger partial charge in [-0.3, -0.25) is 19.4 Å². The van der Waals surface area contributed by atoms with Gasteiger partial charge in [-0.2, -0.15) is 0 Å². The molecule has 0 radical (unpaired) electrons. The average molecular weight is 540 g/mol. The molecule has 2 heterocycles. The number of hydrogen-bond acceptors (Lipinski definition) is 6. The molecule has 5 rings (SSSR count). The standard InChI is InChI=1S/C30H29N5O3S/c1-2-20-12-14-22(15-13-20)32-27(37)19-39-30-34-24-11-7-6-10-23(24)28-33-25(29(38)35(28)30)16-17-26(36)31-18-21-8-4-3-5-9-21/h3-15,25H,2,16-19H2,1H3,(H,31,36)(H,32,37)/t25-/m1/s1. The molecular formula is C30H29N5O3S. The third kappa shape index (κ3) is 6.26. The zero-order chi connectivity index (χ0) is 27.2. The van der Waals surface area contributed by atoms with Crippen LogP contribution >= 0.6 is 11.8 Å². The van der Waals surface area contributed by atoms with Gasteiger partial charge in [0.25, 0.3) is 5.91 Å². The van der Waals surface area contributed by atoms with E-state index in [1.54, 1.807) is 0 Å². The summed E-state index contributed by atoms with van der Waals surface area (Å²) < 4.78 is 0. The molecule has 2 aliphatic heterocycles. The zero-order valence-corrected chi connectivity index (χ0v) is 22.4. The Balaban J connectivity index is 1.23. The largest absolute Gasteiger partial charge is 0.352 e. The number of anilines is 1. The van der Waals surface area contributed by atoms with Gasteiger partial charge in [-0.05, 0) is 48.2 Å². The molecular weight excluding hydrogens is 510 g/mol. The molecule has 0 fully saturated rings. The highest BCUT2D eigenvalue weighted by Crippen LogP contribution is 2.34. The molecule has 0 spiro atoms. The SMILES string of the molecule is CCc1ccc(NC(=O)CSC2=Nc3ccccc3C3=N[C@H](CCC(=O)NCc4ccccc4)C(=O)N23)cc1. The van der Waals surface area contributed by atoms with Crippen LogP contribution in [-0.2, 0) is 27.3 Å². The molecule has 8 nitrogen and oxygen atoms in total. The van der Waals surface area contributed by atoms with Crippen LogP contribution in [0, 0.1) is 0 Å². The number of carbonyl (C=O) groups is 3. The summed E-state index contributed by atoms with van der Waals surface area (Å²) in [5.74, 6) is 0.0299. The number of aliphatic imine (C=N–C) groups is 2. The minimum absolute atomic E-state index is 0.0835. The summed E-state index contributed by atoms with van der Waals surface area (Å²) in [6, 6.07) is 24.2. The second-order valence-corrected chi connectivity index (χ2v) is 10.2. The van der Waals surface area contributed by atoms with E-state index in [0.29, 0.717) is 23.2 Å². The predicted octanol–water partition coefficient (Wildman–Crippen LogP) is 4.68. The van der Waals surface area contributed by atoms with Crippen LogP contribution in [0.4, 0.5) is 11.4 Å². The fourth-order valence-corrected chi connectivity index (χ4v) is 5.19. The van der Waals surface area contributed by atoms with Gasteiger partial charge in [-0.15, -0.1) is 0 Å². The lowest BCUT2D eigenvalue weighted by molar-refractivity contribution is -0.125. The summed E-state index contributed by atoms with van der Waals surface area (Å²) >= 11 is 1.19. The Hall–Kier alpha value is -4.24. The molecule has 2 N–H and O–H groups in total. The topological polar surface area (TPSA) is 103 Å². The summed E-state index contributed by atoms with van der Waals surface area (Å²) in [7, 11) is 0. The number of para-hydroxylation sites is 1. The smallest absolute Gasteiger partial charge is 0.259 e. The fourth-order valence-electron chi connectivity index (χ4n) is 4.39. The first-order valence-electron chi connectivity index (χ1n) is 12.9. The van der Waals surface area contributed by atoms with Gasteiger partial charge in [-0.1, -0.05) is 73.3 Å². The maximum absolute atomic E-state index is 13.4. The molecule has 3 amide bonds. The van der Waals surface area contributed by atoms with Gasteiger partial charge in [-0.25, -0.2) is 9.89 Å². The molecule has 1 atom stereocenters. The fraction of sp³-hybridized carbons (Fsp3) is 0.233. The molecule has 0 aliphatic carbocycles. The number of amides is 3. The quantitative estimate of drug-likeness (QED) is 0.412. The van der Waals surface area contributed by atoms with Crippen molar-refractivity contribution in [2.75, 3.05) is 11.1 Å². The highest BCUT2D eigenvalue weighted by Gasteiger charge is 2.41. The van der Waals surface area contributed by atoms with Crippen LogP contribution in [0.3, 0.4) is 0 Å². The van der Waals surface area contributed by atoms with Gasteiger partial charge in [0, 0.05) is 24.2 Å². The van der Waals surface area contributed by atoms with Crippen LogP contribution in [0.2, 0.25) is 0 Å². The Morgan fingerprint density at radius 1 is 0.923 bits per heavy atom. The number of rotatable bonds is 9. The first-order valence-corrected chi connectivity index (χ1v) is 13.9. The molecule has 39 heavy (non-hydrogen) atoms. The zero-order valence-electron chi connectivity index (χ0n) is 21.6. The number of nitrogens with one attached hydrogen (secondary N) is 2. The number of aryl methyl sites for hydroxylation is 1. The first-order chi connectivity index (χ1) is 19.0. The highest BCUT2D eigenvalue weighted by molar-refractivity contribution is 8.14. The number of amidine groups is 2. The van der Waals surface area contributed by atoms with E-state index in [0.717, 1.165) is 23.2 Å². The molecule has 0 unspecified atom stereocenters. The van der Waals surface area contributed by atoms with Crippen molar-refractivity contribution in [1.29, 1.82) is 0 Å². The summed E-state index contributed by atoms with van der Waals surface area (Å²) in [5.41, 5.74) is 4.38. The van der Waals surface area contributed by atoms with E-state index in [9.17, 15) is 14.4 Å². The normalized spacial score (nSPS) is 15.7. The summed E-state index contributed by atoms with van der Waals surface area (Å²) in [6.07, 6.45) is 1.39. The van der Waals surface area contributed by atoms with Gasteiger partial charge in [0.2, 0.25) is 11.8 Å². The average Bonchev–Trinajstić information content (AvgIpc) is 3.31. The number of benzene rings is 3. The van der Waals surface area contributed by atoms with Crippen LogP contribution in [0.1, 0.15) is 36.5 Å². The van der Waals surface area contributed by atoms with E-state index in [4.69, 9.17) is 4.99 Å². The third-order valence-corrected chi connectivity index (χ3v) is 7.44. The van der Waals surface area contributed by atoms with Gasteiger partial charge >= 0.3 is 0 Å². The Labute approximate surface area is 231 Å². The number of hydrogen-bond donors (Lipinski definition) is 2. The summed E-state index contributed by atoms with van der Waals surface area (Å²) in [4.78, 5) is 49.4. The highest BCUT2D eigenvalue weighted by atomic mass is 32.2. The molecule has 2 aliphatic rings. The van der Waals surface area contributed by atoms with Gasteiger partial charge < -0.3 is 10.6 Å². The Bertz CT molecular complexity index is 1440. The van der Waals surface area contributed by atoms with E-state index in [1.807, 2.05) is 78.9 Å². The van der Waals surface area contributed by atoms with Gasteiger partial charge in [0.1, 0.15) is 11.9 Å². The van der Waals surface area contributed by atoms with Crippen LogP contribution in [0.25, 0.3) is 0 Å². The van der Waals surface area contributed by atoms with E-state index in [-0.39, 0.29) is 36.3 Å². The van der Waals surface area contributed by atoms with Gasteiger partial charge in [0.05, 0.1) is 11.4 Å². The van der Waals surface area contributed by atoms with Crippen molar-refractivity contribution >= 4 is 51.9 Å². The van der Waals surface area contributed by atoms with Crippen molar-refractivity contribution in [2.45, 2.75) is 38.8 Å². The van der Waals surface area contributed by atoms with Crippen molar-refractivity contribution < 1.29 is 14.4 Å². The lowest BCUT2D eigenvalue weighted by Gasteiger charge is -2.25. The van der Waals surface area contributed by atoms with E-state index < -0.39 is 6.04 Å². The van der Waals surface area contributed by atoms with E-state index in [2.05, 4.69) is 22.5 Å². The van der Waals surface area contributed by atoms with Gasteiger partial charge in [0.15, 0.2) is 5.17 Å². The van der Waals surface area contributed by atoms with Crippen LogP contribution < -0.4 is 10.6 Å². The minimum Gasteiger partial charge on any atom is -0.352 e. The van der Waals surface area contributed by atoms with Crippen LogP contribution in [0.5, 0.6) is 0 Å². The first kappa shape index (κ1) is 26.4. The molecule has 9 heteroatoms. The van der Waals surface area contributed by atoms with Crippen molar-refractivity contribution in [3.63, 3.8) is 0 Å². The maximum atomic E-state index is 13.4. The number of carbonyl (C=O) groups excluding carboxylic acids is 3. The molecule has 3 aromatic carbocycles. The molecule has 0 bridgehead atoms. The lowest BCUT2D eigenvalue weighted by atomic mass is 10.1. The predicted molar refractivity (Wildman–Crippen MR) is 155 cm³/mol. The van der Waals surface area contributed by atoms with Crippen LogP contribution in [-0.4, -0.2) is 45.4 Å². The summed E-state index contributed by atoms with van der Waals surface area (Å²) in [5, 5.41) is 6.20. The van der Waals surface area contributed by atoms with Crippen molar-refractivity contribution in [3.8, 4) is 0 Å². The Morgan fingerprint density at radius 3 is 2.44 bits per heavy atom. The van der Waals surface area contributed by atoms with E-state index in [1.165, 1.54) is 22.2 Å². The monoisotopic (exact) mass is 539 g/mol. The molecule has 0 aromatic heterocycles. The summed E-state index contributed by atoms with van der Waals surface area (Å²) in [6.45, 7) is 2.51. The molecule has 0 saturated carbocycles. The lowest BCUT2D eigenvalue weighted by Crippen LogP contribution is -2.41. The molecule has 3 aromatic rings. The Morgan fingerprint density at radius 2 is 1.67 bits per heavy atom. The van der Waals surface area contributed by atoms with Crippen molar-refractivity contribution in [3.05, 3.63) is 95.6 Å². The third-order valence-electron chi connectivity index (χ3n) is 6.50. The Kier molecular flexibility index (Phi) is 8.17. The number of thioether (sulfide) groups is 1. The second kappa shape index (κ2) is 12.1. The van der Waals surface area contributed by atoms with Crippen molar-refractivity contribution in [2.24, 2.45) is 9.98 Å². The molecule has 198 valence electrons.